The zero-order valence-corrected chi connectivity index (χ0v) is 16.8. The van der Waals surface area contributed by atoms with E-state index in [1.165, 1.54) is 0 Å². The highest BCUT2D eigenvalue weighted by atomic mass is 32.1. The van der Waals surface area contributed by atoms with Gasteiger partial charge in [0, 0.05) is 27.7 Å². The number of aryl methyl sites for hydroxylation is 1. The molecule has 0 aliphatic heterocycles. The Morgan fingerprint density at radius 3 is 2.83 bits per heavy atom. The normalized spacial score (nSPS) is 11.2. The molecule has 0 aliphatic rings. The van der Waals surface area contributed by atoms with E-state index in [0.29, 0.717) is 22.0 Å². The summed E-state index contributed by atoms with van der Waals surface area (Å²) in [6.45, 7) is 2.14. The molecular formula is C22H16N6OS. The fourth-order valence-corrected chi connectivity index (χ4v) is 4.99. The topological polar surface area (TPSA) is 113 Å². The molecule has 0 atom stereocenters. The molecule has 146 valence electrons. The third-order valence-electron chi connectivity index (χ3n) is 5.20. The molecule has 2 aromatic carbocycles. The highest BCUT2D eigenvalue weighted by molar-refractivity contribution is 7.22. The Hall–Kier alpha value is -3.80. The van der Waals surface area contributed by atoms with Gasteiger partial charge in [0.25, 0.3) is 5.56 Å². The second kappa shape index (κ2) is 6.91. The van der Waals surface area contributed by atoms with E-state index in [1.54, 1.807) is 23.7 Å². The van der Waals surface area contributed by atoms with Crippen LogP contribution in [0.4, 0.5) is 0 Å². The van der Waals surface area contributed by atoms with Crippen LogP contribution in [0, 0.1) is 18.3 Å². The second-order valence-corrected chi connectivity index (χ2v) is 7.95. The molecule has 3 aromatic heterocycles. The van der Waals surface area contributed by atoms with E-state index in [0.717, 1.165) is 32.0 Å². The number of aromatic nitrogens is 4. The third kappa shape index (κ3) is 2.64. The maximum atomic E-state index is 12.2. The SMILES string of the molecule is Cc1ncn(-c2ccc3c(=O)[nH]nc(CN)c3c2)c1-c1sc2ccccc2c1C#N. The first-order valence-corrected chi connectivity index (χ1v) is 10.1. The average molecular weight is 412 g/mol. The van der Waals surface area contributed by atoms with Gasteiger partial charge < -0.3 is 5.73 Å². The summed E-state index contributed by atoms with van der Waals surface area (Å²) >= 11 is 1.57. The first kappa shape index (κ1) is 18.2. The van der Waals surface area contributed by atoms with Crippen molar-refractivity contribution in [1.29, 1.82) is 5.26 Å². The monoisotopic (exact) mass is 412 g/mol. The zero-order valence-electron chi connectivity index (χ0n) is 16.0. The Bertz CT molecular complexity index is 1540. The van der Waals surface area contributed by atoms with Crippen LogP contribution in [0.1, 0.15) is 17.0 Å². The molecule has 0 radical (unpaired) electrons. The minimum absolute atomic E-state index is 0.210. The minimum Gasteiger partial charge on any atom is -0.325 e. The maximum Gasteiger partial charge on any atom is 0.272 e. The number of nitriles is 1. The molecule has 0 fully saturated rings. The van der Waals surface area contributed by atoms with Crippen LogP contribution in [0.2, 0.25) is 0 Å². The number of fused-ring (bicyclic) bond motifs is 2. The molecule has 0 saturated heterocycles. The lowest BCUT2D eigenvalue weighted by atomic mass is 10.1. The van der Waals surface area contributed by atoms with Crippen LogP contribution in [0.15, 0.2) is 53.6 Å². The van der Waals surface area contributed by atoms with Gasteiger partial charge in [-0.3, -0.25) is 9.36 Å². The Kier molecular flexibility index (Phi) is 4.20. The lowest BCUT2D eigenvalue weighted by Crippen LogP contribution is -2.13. The predicted octanol–water partition coefficient (Wildman–Crippen LogP) is 3.63. The van der Waals surface area contributed by atoms with Crippen LogP contribution in [-0.2, 0) is 6.54 Å². The first-order chi connectivity index (χ1) is 14.6. The molecule has 5 aromatic rings. The van der Waals surface area contributed by atoms with E-state index in [1.807, 2.05) is 47.9 Å². The molecule has 7 nitrogen and oxygen atoms in total. The van der Waals surface area contributed by atoms with Crippen molar-refractivity contribution in [2.24, 2.45) is 5.73 Å². The van der Waals surface area contributed by atoms with Gasteiger partial charge in [-0.05, 0) is 31.2 Å². The van der Waals surface area contributed by atoms with E-state index >= 15 is 0 Å². The van der Waals surface area contributed by atoms with Crippen molar-refractivity contribution in [3.05, 3.63) is 76.1 Å². The lowest BCUT2D eigenvalue weighted by Gasteiger charge is -2.10. The Labute approximate surface area is 175 Å². The molecule has 3 N–H and O–H groups in total. The summed E-state index contributed by atoms with van der Waals surface area (Å²) in [7, 11) is 0. The molecule has 3 heterocycles. The van der Waals surface area contributed by atoms with Gasteiger partial charge in [-0.25, -0.2) is 10.1 Å². The Balaban J connectivity index is 1.79. The predicted molar refractivity (Wildman–Crippen MR) is 118 cm³/mol. The summed E-state index contributed by atoms with van der Waals surface area (Å²) in [6.07, 6.45) is 1.74. The number of imidazole rings is 1. The third-order valence-corrected chi connectivity index (χ3v) is 6.37. The average Bonchev–Trinajstić information content (AvgIpc) is 3.33. The zero-order chi connectivity index (χ0) is 20.8. The maximum absolute atomic E-state index is 12.2. The molecule has 0 saturated carbocycles. The smallest absolute Gasteiger partial charge is 0.272 e. The van der Waals surface area contributed by atoms with Crippen LogP contribution in [0.3, 0.4) is 0 Å². The molecule has 0 amide bonds. The minimum atomic E-state index is -0.257. The second-order valence-electron chi connectivity index (χ2n) is 6.90. The molecule has 5 rings (SSSR count). The summed E-state index contributed by atoms with van der Waals surface area (Å²) in [4.78, 5) is 17.5. The molecule has 8 heteroatoms. The van der Waals surface area contributed by atoms with E-state index in [9.17, 15) is 10.1 Å². The number of hydrogen-bond donors (Lipinski definition) is 2. The summed E-state index contributed by atoms with van der Waals surface area (Å²) in [5.41, 5.74) is 9.32. The van der Waals surface area contributed by atoms with Crippen LogP contribution < -0.4 is 11.3 Å². The largest absolute Gasteiger partial charge is 0.325 e. The van der Waals surface area contributed by atoms with Gasteiger partial charge in [0.05, 0.1) is 32.9 Å². The Morgan fingerprint density at radius 2 is 2.03 bits per heavy atom. The van der Waals surface area contributed by atoms with Crippen molar-refractivity contribution in [1.82, 2.24) is 19.7 Å². The quantitative estimate of drug-likeness (QED) is 0.470. The number of aromatic amines is 1. The van der Waals surface area contributed by atoms with Gasteiger partial charge in [-0.15, -0.1) is 11.3 Å². The summed E-state index contributed by atoms with van der Waals surface area (Å²) in [5.74, 6) is 0. The van der Waals surface area contributed by atoms with Gasteiger partial charge in [0.15, 0.2) is 0 Å². The first-order valence-electron chi connectivity index (χ1n) is 9.30. The Morgan fingerprint density at radius 1 is 1.20 bits per heavy atom. The van der Waals surface area contributed by atoms with Crippen molar-refractivity contribution in [2.45, 2.75) is 13.5 Å². The molecule has 0 spiro atoms. The number of hydrogen-bond acceptors (Lipinski definition) is 6. The molecule has 0 bridgehead atoms. The summed E-state index contributed by atoms with van der Waals surface area (Å²) in [6, 6.07) is 15.8. The van der Waals surface area contributed by atoms with Crippen molar-refractivity contribution >= 4 is 32.2 Å². The van der Waals surface area contributed by atoms with E-state index in [-0.39, 0.29) is 12.1 Å². The lowest BCUT2D eigenvalue weighted by molar-refractivity contribution is 0.899. The fourth-order valence-electron chi connectivity index (χ4n) is 3.74. The highest BCUT2D eigenvalue weighted by Crippen LogP contribution is 2.40. The van der Waals surface area contributed by atoms with E-state index in [4.69, 9.17) is 5.73 Å². The van der Waals surface area contributed by atoms with Gasteiger partial charge in [-0.1, -0.05) is 18.2 Å². The molecule has 30 heavy (non-hydrogen) atoms. The van der Waals surface area contributed by atoms with Gasteiger partial charge >= 0.3 is 0 Å². The molecule has 0 aliphatic carbocycles. The van der Waals surface area contributed by atoms with Crippen LogP contribution >= 0.6 is 11.3 Å². The van der Waals surface area contributed by atoms with Crippen LogP contribution in [0.25, 0.3) is 37.1 Å². The number of benzene rings is 2. The number of nitrogens with zero attached hydrogens (tertiary/aromatic N) is 4. The van der Waals surface area contributed by atoms with E-state index in [2.05, 4.69) is 21.3 Å². The van der Waals surface area contributed by atoms with Crippen LogP contribution in [0.5, 0.6) is 0 Å². The molecular weight excluding hydrogens is 396 g/mol. The number of nitrogens with one attached hydrogen (secondary N) is 1. The number of nitrogens with two attached hydrogens (primary N) is 1. The van der Waals surface area contributed by atoms with Crippen molar-refractivity contribution in [2.75, 3.05) is 0 Å². The van der Waals surface area contributed by atoms with Crippen LogP contribution in [-0.4, -0.2) is 19.7 Å². The molecule has 0 unspecified atom stereocenters. The number of rotatable bonds is 3. The number of H-pyrrole nitrogens is 1. The van der Waals surface area contributed by atoms with Crippen molar-refractivity contribution in [3.63, 3.8) is 0 Å². The fraction of sp³-hybridized carbons (Fsp3) is 0.0909. The number of thiophene rings is 1. The van der Waals surface area contributed by atoms with Gasteiger partial charge in [0.1, 0.15) is 12.4 Å². The van der Waals surface area contributed by atoms with Crippen molar-refractivity contribution in [3.8, 4) is 22.3 Å². The standard InChI is InChI=1S/C22H16N6OS/c1-12-20(21-17(9-23)14-4-2-3-5-19(14)30-21)28(11-25-12)13-6-7-15-16(8-13)18(10-24)26-27-22(15)29/h2-8,11H,10,24H2,1H3,(H,27,29). The summed E-state index contributed by atoms with van der Waals surface area (Å²) in [5, 5.41) is 18.6. The highest BCUT2D eigenvalue weighted by Gasteiger charge is 2.20. The van der Waals surface area contributed by atoms with Crippen molar-refractivity contribution < 1.29 is 0 Å². The van der Waals surface area contributed by atoms with E-state index < -0.39 is 0 Å². The summed E-state index contributed by atoms with van der Waals surface area (Å²) < 4.78 is 3.00. The van der Waals surface area contributed by atoms with Gasteiger partial charge in [-0.2, -0.15) is 10.4 Å². The van der Waals surface area contributed by atoms with Gasteiger partial charge in [0.2, 0.25) is 0 Å².